The van der Waals surface area contributed by atoms with E-state index < -0.39 is 5.97 Å². The summed E-state index contributed by atoms with van der Waals surface area (Å²) in [6.45, 7) is 1.94. The van der Waals surface area contributed by atoms with Gasteiger partial charge in [0.15, 0.2) is 0 Å². The number of aryl methyl sites for hydroxylation is 2. The van der Waals surface area contributed by atoms with Crippen LogP contribution in [0.2, 0.25) is 0 Å². The number of nitrogens with one attached hydrogen (secondary N) is 1. The smallest absolute Gasteiger partial charge is 0.303 e. The number of carboxylic acids is 1. The summed E-state index contributed by atoms with van der Waals surface area (Å²) in [7, 11) is 0. The summed E-state index contributed by atoms with van der Waals surface area (Å²) in [6.07, 6.45) is -0.0904. The van der Waals surface area contributed by atoms with Gasteiger partial charge in [-0.15, -0.1) is 0 Å². The summed E-state index contributed by atoms with van der Waals surface area (Å²) in [4.78, 5) is 22.9. The van der Waals surface area contributed by atoms with E-state index in [0.717, 1.165) is 5.56 Å². The van der Waals surface area contributed by atoms with Gasteiger partial charge in [-0.1, -0.05) is 17.7 Å². The summed E-state index contributed by atoms with van der Waals surface area (Å²) in [5, 5.41) is 15.1. The zero-order valence-corrected chi connectivity index (χ0v) is 11.6. The molecule has 0 aliphatic rings. The highest BCUT2D eigenvalue weighted by Gasteiger charge is 2.10. The first-order valence-corrected chi connectivity index (χ1v) is 6.39. The third-order valence-electron chi connectivity index (χ3n) is 2.81. The van der Waals surface area contributed by atoms with E-state index in [1.54, 1.807) is 12.1 Å². The lowest BCUT2D eigenvalue weighted by molar-refractivity contribution is -0.136. The van der Waals surface area contributed by atoms with Gasteiger partial charge in [-0.25, -0.2) is 0 Å². The largest absolute Gasteiger partial charge is 0.481 e. The van der Waals surface area contributed by atoms with Gasteiger partial charge in [-0.05, 0) is 31.3 Å². The monoisotopic (exact) mass is 291 g/mol. The molecule has 2 rings (SSSR count). The summed E-state index contributed by atoms with van der Waals surface area (Å²) >= 11 is 5.08. The molecule has 6 nitrogen and oxygen atoms in total. The first kappa shape index (κ1) is 14.1. The summed E-state index contributed by atoms with van der Waals surface area (Å²) < 4.78 is 1.50. The quantitative estimate of drug-likeness (QED) is 0.836. The van der Waals surface area contributed by atoms with Crippen molar-refractivity contribution in [3.8, 4) is 5.69 Å². The highest BCUT2D eigenvalue weighted by atomic mass is 32.1. The average molecular weight is 291 g/mol. The zero-order valence-electron chi connectivity index (χ0n) is 10.8. The maximum absolute atomic E-state index is 12.3. The Morgan fingerprint density at radius 2 is 2.05 bits per heavy atom. The number of carbonyl (C=O) groups is 1. The SMILES string of the molecule is Cc1ccc(-n2c(=S)[nH]nc(CCC(=O)O)c2=O)cc1. The molecule has 104 valence electrons. The van der Waals surface area contributed by atoms with Crippen LogP contribution in [0.15, 0.2) is 29.1 Å². The second-order valence-electron chi connectivity index (χ2n) is 4.35. The first-order valence-electron chi connectivity index (χ1n) is 5.98. The number of nitrogens with zero attached hydrogens (tertiary/aromatic N) is 2. The summed E-state index contributed by atoms with van der Waals surface area (Å²) in [5.41, 5.74) is 1.46. The van der Waals surface area contributed by atoms with Crippen LogP contribution in [0.25, 0.3) is 5.69 Å². The molecular weight excluding hydrogens is 278 g/mol. The van der Waals surface area contributed by atoms with E-state index in [4.69, 9.17) is 17.3 Å². The van der Waals surface area contributed by atoms with Crippen LogP contribution in [0.5, 0.6) is 0 Å². The molecule has 0 saturated carbocycles. The molecule has 0 saturated heterocycles. The maximum atomic E-state index is 12.3. The Morgan fingerprint density at radius 3 is 2.65 bits per heavy atom. The number of aromatic amines is 1. The topological polar surface area (TPSA) is 88.0 Å². The minimum absolute atomic E-state index is 0.0616. The van der Waals surface area contributed by atoms with Gasteiger partial charge in [0.25, 0.3) is 5.56 Å². The fourth-order valence-electron chi connectivity index (χ4n) is 1.75. The van der Waals surface area contributed by atoms with Gasteiger partial charge in [0, 0.05) is 6.42 Å². The van der Waals surface area contributed by atoms with E-state index in [2.05, 4.69) is 10.2 Å². The van der Waals surface area contributed by atoms with Crippen molar-refractivity contribution in [1.29, 1.82) is 0 Å². The minimum atomic E-state index is -0.976. The number of hydrogen-bond donors (Lipinski definition) is 2. The molecule has 7 heteroatoms. The van der Waals surface area contributed by atoms with Gasteiger partial charge in [0.05, 0.1) is 12.1 Å². The predicted octanol–water partition coefficient (Wildman–Crippen LogP) is 1.62. The molecule has 2 N–H and O–H groups in total. The third kappa shape index (κ3) is 3.00. The lowest BCUT2D eigenvalue weighted by Gasteiger charge is -2.07. The number of hydrogen-bond acceptors (Lipinski definition) is 4. The number of H-pyrrole nitrogens is 1. The van der Waals surface area contributed by atoms with Gasteiger partial charge in [0.2, 0.25) is 4.77 Å². The van der Waals surface area contributed by atoms with Crippen molar-refractivity contribution in [1.82, 2.24) is 14.8 Å². The molecule has 2 aromatic rings. The predicted molar refractivity (Wildman–Crippen MR) is 75.7 cm³/mol. The van der Waals surface area contributed by atoms with Gasteiger partial charge in [-0.3, -0.25) is 19.3 Å². The molecule has 0 aliphatic carbocycles. The second-order valence-corrected chi connectivity index (χ2v) is 4.73. The molecule has 0 atom stereocenters. The molecule has 0 fully saturated rings. The van der Waals surface area contributed by atoms with Crippen molar-refractivity contribution in [2.45, 2.75) is 19.8 Å². The summed E-state index contributed by atoms with van der Waals surface area (Å²) in [6, 6.07) is 7.30. The standard InChI is InChI=1S/C13H13N3O3S/c1-8-2-4-9(5-3-8)16-12(19)10(6-7-11(17)18)14-15-13(16)20/h2-5H,6-7H2,1H3,(H,15,20)(H,17,18). The normalized spacial score (nSPS) is 10.4. The van der Waals surface area contributed by atoms with E-state index >= 15 is 0 Å². The molecule has 0 radical (unpaired) electrons. The number of rotatable bonds is 4. The van der Waals surface area contributed by atoms with Gasteiger partial charge >= 0.3 is 5.97 Å². The molecule has 0 spiro atoms. The molecule has 0 unspecified atom stereocenters. The van der Waals surface area contributed by atoms with Gasteiger partial charge in [-0.2, -0.15) is 5.10 Å². The molecular formula is C13H13N3O3S. The fourth-order valence-corrected chi connectivity index (χ4v) is 1.98. The van der Waals surface area contributed by atoms with Gasteiger partial charge < -0.3 is 5.11 Å². The van der Waals surface area contributed by atoms with Crippen LogP contribution in [-0.4, -0.2) is 25.8 Å². The lowest BCUT2D eigenvalue weighted by atomic mass is 10.2. The van der Waals surface area contributed by atoms with Crippen LogP contribution in [-0.2, 0) is 11.2 Å². The first-order chi connectivity index (χ1) is 9.49. The molecule has 1 aromatic heterocycles. The van der Waals surface area contributed by atoms with Crippen LogP contribution in [0.4, 0.5) is 0 Å². The fraction of sp³-hybridized carbons (Fsp3) is 0.231. The molecule has 1 aromatic carbocycles. The molecule has 0 aliphatic heterocycles. The number of aliphatic carboxylic acids is 1. The third-order valence-corrected chi connectivity index (χ3v) is 3.08. The Kier molecular flexibility index (Phi) is 4.09. The molecule has 1 heterocycles. The lowest BCUT2D eigenvalue weighted by Crippen LogP contribution is -2.26. The van der Waals surface area contributed by atoms with Crippen molar-refractivity contribution < 1.29 is 9.90 Å². The van der Waals surface area contributed by atoms with E-state index in [1.807, 2.05) is 19.1 Å². The Bertz CT molecular complexity index is 747. The Labute approximate surface area is 119 Å². The molecule has 0 amide bonds. The van der Waals surface area contributed by atoms with E-state index in [-0.39, 0.29) is 28.9 Å². The Morgan fingerprint density at radius 1 is 1.40 bits per heavy atom. The van der Waals surface area contributed by atoms with Crippen molar-refractivity contribution >= 4 is 18.2 Å². The van der Waals surface area contributed by atoms with E-state index in [1.165, 1.54) is 4.57 Å². The Balaban J connectivity index is 2.50. The number of carboxylic acid groups (broad SMARTS) is 1. The highest BCUT2D eigenvalue weighted by Crippen LogP contribution is 2.07. The van der Waals surface area contributed by atoms with Gasteiger partial charge in [0.1, 0.15) is 5.69 Å². The van der Waals surface area contributed by atoms with Crippen molar-refractivity contribution in [3.63, 3.8) is 0 Å². The second kappa shape index (κ2) is 5.79. The molecule has 20 heavy (non-hydrogen) atoms. The van der Waals surface area contributed by atoms with Crippen LogP contribution < -0.4 is 5.56 Å². The average Bonchev–Trinajstić information content (AvgIpc) is 2.40. The van der Waals surface area contributed by atoms with Crippen LogP contribution >= 0.6 is 12.2 Å². The summed E-state index contributed by atoms with van der Waals surface area (Å²) in [5.74, 6) is -0.976. The van der Waals surface area contributed by atoms with E-state index in [9.17, 15) is 9.59 Å². The van der Waals surface area contributed by atoms with Crippen LogP contribution in [0.3, 0.4) is 0 Å². The minimum Gasteiger partial charge on any atom is -0.481 e. The zero-order chi connectivity index (χ0) is 14.7. The van der Waals surface area contributed by atoms with E-state index in [0.29, 0.717) is 5.69 Å². The maximum Gasteiger partial charge on any atom is 0.303 e. The van der Waals surface area contributed by atoms with Crippen LogP contribution in [0.1, 0.15) is 17.7 Å². The number of benzene rings is 1. The highest BCUT2D eigenvalue weighted by molar-refractivity contribution is 7.71. The van der Waals surface area contributed by atoms with Crippen molar-refractivity contribution in [2.24, 2.45) is 0 Å². The number of aromatic nitrogens is 3. The Hall–Kier alpha value is -2.28. The van der Waals surface area contributed by atoms with Crippen molar-refractivity contribution in [2.75, 3.05) is 0 Å². The van der Waals surface area contributed by atoms with Crippen molar-refractivity contribution in [3.05, 3.63) is 50.6 Å². The van der Waals surface area contributed by atoms with Crippen LogP contribution in [0, 0.1) is 11.7 Å². The molecule has 0 bridgehead atoms.